The maximum Gasteiger partial charge on any atom is 0.450 e. The molecule has 0 radical (unpaired) electrons. The molecule has 3 aromatic rings. The van der Waals surface area contributed by atoms with Crippen molar-refractivity contribution in [1.82, 2.24) is 19.9 Å². The van der Waals surface area contributed by atoms with Gasteiger partial charge in [0.2, 0.25) is 5.82 Å². The minimum absolute atomic E-state index is 0.0137. The molecule has 11 heteroatoms. The van der Waals surface area contributed by atoms with E-state index in [0.717, 1.165) is 23.8 Å². The molecule has 2 heterocycles. The van der Waals surface area contributed by atoms with Crippen molar-refractivity contribution in [3.05, 3.63) is 64.2 Å². The van der Waals surface area contributed by atoms with Gasteiger partial charge in [-0.3, -0.25) is 9.36 Å². The fourth-order valence-corrected chi connectivity index (χ4v) is 6.03. The van der Waals surface area contributed by atoms with Crippen molar-refractivity contribution in [2.24, 2.45) is 5.41 Å². The molecule has 1 saturated carbocycles. The standard InChI is InChI=1S/C25H22BrF3N4O3/c26-18-19(24(20(18)34)10-2-1-3-11-24)31-17(22(35)36)13-14-6-8-15(9-7-14)33-21-16(5-4-12-30-21)32-23(33)25(27,28)29/h4-9,12,17,31H,1-3,10-11,13H2,(H,35,36)/t17-/m0/s1. The van der Waals surface area contributed by atoms with E-state index >= 15 is 0 Å². The van der Waals surface area contributed by atoms with E-state index in [1.807, 2.05) is 0 Å². The number of pyridine rings is 1. The third-order valence-corrected chi connectivity index (χ3v) is 7.72. The normalized spacial score (nSPS) is 18.4. The van der Waals surface area contributed by atoms with Gasteiger partial charge in [0.05, 0.1) is 9.90 Å². The maximum atomic E-state index is 13.7. The van der Waals surface area contributed by atoms with Crippen LogP contribution in [-0.4, -0.2) is 37.4 Å². The second-order valence-electron chi connectivity index (χ2n) is 9.18. The lowest BCUT2D eigenvalue weighted by Crippen LogP contribution is -2.53. The first-order valence-electron chi connectivity index (χ1n) is 11.6. The Morgan fingerprint density at radius 2 is 1.86 bits per heavy atom. The van der Waals surface area contributed by atoms with Crippen LogP contribution in [0.25, 0.3) is 16.9 Å². The molecule has 36 heavy (non-hydrogen) atoms. The number of carbonyl (C=O) groups excluding carboxylic acids is 1. The molecule has 7 nitrogen and oxygen atoms in total. The number of carbonyl (C=O) groups is 2. The SMILES string of the molecule is O=C(O)[C@H](Cc1ccc(-n2c(C(F)(F)F)nc3cccnc32)cc1)NC1=C(Br)C(=O)C12CCCCC2. The monoisotopic (exact) mass is 562 g/mol. The molecule has 2 aromatic heterocycles. The van der Waals surface area contributed by atoms with Gasteiger partial charge in [-0.25, -0.2) is 14.8 Å². The highest BCUT2D eigenvalue weighted by Gasteiger charge is 2.53. The quantitative estimate of drug-likeness (QED) is 0.430. The van der Waals surface area contributed by atoms with Gasteiger partial charge in [0.15, 0.2) is 11.4 Å². The van der Waals surface area contributed by atoms with Crippen molar-refractivity contribution in [3.63, 3.8) is 0 Å². The molecule has 1 fully saturated rings. The summed E-state index contributed by atoms with van der Waals surface area (Å²) < 4.78 is 42.3. The maximum absolute atomic E-state index is 13.7. The van der Waals surface area contributed by atoms with Crippen LogP contribution in [-0.2, 0) is 22.2 Å². The number of nitrogens with zero attached hydrogens (tertiary/aromatic N) is 3. The van der Waals surface area contributed by atoms with E-state index < -0.39 is 29.4 Å². The highest BCUT2D eigenvalue weighted by Crippen LogP contribution is 2.53. The number of carboxylic acid groups (broad SMARTS) is 1. The van der Waals surface area contributed by atoms with Gasteiger partial charge in [-0.15, -0.1) is 0 Å². The molecule has 0 unspecified atom stereocenters. The number of hydrogen-bond acceptors (Lipinski definition) is 5. The second kappa shape index (κ2) is 9.02. The Labute approximate surface area is 212 Å². The Bertz CT molecular complexity index is 1380. The number of carboxylic acids is 1. The van der Waals surface area contributed by atoms with Crippen LogP contribution in [0.5, 0.6) is 0 Å². The van der Waals surface area contributed by atoms with Gasteiger partial charge in [-0.2, -0.15) is 13.2 Å². The van der Waals surface area contributed by atoms with E-state index in [9.17, 15) is 27.9 Å². The lowest BCUT2D eigenvalue weighted by atomic mass is 9.62. The van der Waals surface area contributed by atoms with Crippen LogP contribution in [0.3, 0.4) is 0 Å². The summed E-state index contributed by atoms with van der Waals surface area (Å²) in [6.45, 7) is 0. The molecule has 0 bridgehead atoms. The highest BCUT2D eigenvalue weighted by molar-refractivity contribution is 9.12. The van der Waals surface area contributed by atoms with Gasteiger partial charge < -0.3 is 10.4 Å². The van der Waals surface area contributed by atoms with Crippen LogP contribution in [0.15, 0.2) is 52.8 Å². The number of nitrogens with one attached hydrogen (secondary N) is 1. The minimum atomic E-state index is -4.69. The predicted octanol–water partition coefficient (Wildman–Crippen LogP) is 5.16. The number of benzene rings is 1. The molecule has 1 spiro atoms. The molecule has 1 aromatic carbocycles. The van der Waals surface area contributed by atoms with E-state index in [1.165, 1.54) is 30.5 Å². The van der Waals surface area contributed by atoms with Crippen LogP contribution < -0.4 is 5.32 Å². The predicted molar refractivity (Wildman–Crippen MR) is 129 cm³/mol. The van der Waals surface area contributed by atoms with Crippen molar-refractivity contribution in [2.75, 3.05) is 0 Å². The van der Waals surface area contributed by atoms with Crippen LogP contribution in [0.1, 0.15) is 43.5 Å². The molecule has 1 atom stereocenters. The molecule has 2 aliphatic rings. The molecular formula is C25H22BrF3N4O3. The number of alkyl halides is 3. The summed E-state index contributed by atoms with van der Waals surface area (Å²) in [7, 11) is 0. The van der Waals surface area contributed by atoms with Crippen molar-refractivity contribution >= 4 is 38.8 Å². The number of imidazole rings is 1. The van der Waals surface area contributed by atoms with Gasteiger partial charge in [-0.1, -0.05) is 31.4 Å². The zero-order valence-electron chi connectivity index (χ0n) is 19.0. The number of rotatable bonds is 6. The Morgan fingerprint density at radius 1 is 1.17 bits per heavy atom. The van der Waals surface area contributed by atoms with Crippen LogP contribution in [0, 0.1) is 5.41 Å². The Morgan fingerprint density at radius 3 is 2.50 bits per heavy atom. The lowest BCUT2D eigenvalue weighted by molar-refractivity contribution is -0.145. The van der Waals surface area contributed by atoms with E-state index in [0.29, 0.717) is 28.6 Å². The van der Waals surface area contributed by atoms with Gasteiger partial charge >= 0.3 is 12.1 Å². The van der Waals surface area contributed by atoms with E-state index in [2.05, 4.69) is 31.2 Å². The molecule has 0 saturated heterocycles. The van der Waals surface area contributed by atoms with Crippen LogP contribution in [0.4, 0.5) is 13.2 Å². The summed E-state index contributed by atoms with van der Waals surface area (Å²) in [6.07, 6.45) is 1.05. The molecule has 2 N–H and O–H groups in total. The fraction of sp³-hybridized carbons (Fsp3) is 0.360. The summed E-state index contributed by atoms with van der Waals surface area (Å²) in [5.74, 6) is -2.15. The first kappa shape index (κ1) is 24.5. The first-order chi connectivity index (χ1) is 17.1. The summed E-state index contributed by atoms with van der Waals surface area (Å²) >= 11 is 3.31. The Balaban J connectivity index is 1.41. The minimum Gasteiger partial charge on any atom is -0.480 e. The van der Waals surface area contributed by atoms with Gasteiger partial charge in [0, 0.05) is 24.0 Å². The third-order valence-electron chi connectivity index (χ3n) is 6.96. The Kier molecular flexibility index (Phi) is 6.14. The zero-order valence-corrected chi connectivity index (χ0v) is 20.6. The summed E-state index contributed by atoms with van der Waals surface area (Å²) in [5, 5.41) is 12.9. The number of Topliss-reactive ketones (excluding diaryl/α,β-unsaturated/α-hetero) is 1. The van der Waals surface area contributed by atoms with E-state index in [-0.39, 0.29) is 29.1 Å². The molecule has 188 valence electrons. The first-order valence-corrected chi connectivity index (χ1v) is 12.4. The number of hydrogen-bond donors (Lipinski definition) is 2. The average Bonchev–Trinajstić information content (AvgIpc) is 3.27. The van der Waals surface area contributed by atoms with Crippen molar-refractivity contribution in [2.45, 2.75) is 50.7 Å². The van der Waals surface area contributed by atoms with Crippen LogP contribution in [0.2, 0.25) is 0 Å². The third kappa shape index (κ3) is 4.08. The summed E-state index contributed by atoms with van der Waals surface area (Å²) in [4.78, 5) is 32.5. The van der Waals surface area contributed by atoms with Crippen molar-refractivity contribution in [3.8, 4) is 5.69 Å². The van der Waals surface area contributed by atoms with Crippen molar-refractivity contribution < 1.29 is 27.9 Å². The second-order valence-corrected chi connectivity index (χ2v) is 9.97. The van der Waals surface area contributed by atoms with Crippen molar-refractivity contribution in [1.29, 1.82) is 0 Å². The topological polar surface area (TPSA) is 97.1 Å². The highest BCUT2D eigenvalue weighted by atomic mass is 79.9. The average molecular weight is 563 g/mol. The fourth-order valence-electron chi connectivity index (χ4n) is 5.16. The van der Waals surface area contributed by atoms with Gasteiger partial charge in [0.1, 0.15) is 11.6 Å². The van der Waals surface area contributed by atoms with E-state index in [4.69, 9.17) is 0 Å². The number of fused-ring (bicyclic) bond motifs is 1. The number of ketones is 1. The number of allylic oxidation sites excluding steroid dienone is 2. The van der Waals surface area contributed by atoms with Crippen LogP contribution >= 0.6 is 15.9 Å². The molecule has 2 aliphatic carbocycles. The number of halogens is 4. The number of aliphatic carboxylic acids is 1. The summed E-state index contributed by atoms with van der Waals surface area (Å²) in [5.41, 5.74) is 1.02. The van der Waals surface area contributed by atoms with Gasteiger partial charge in [0.25, 0.3) is 0 Å². The molecule has 0 amide bonds. The molecule has 0 aliphatic heterocycles. The zero-order chi connectivity index (χ0) is 25.7. The number of aromatic nitrogens is 3. The van der Waals surface area contributed by atoms with E-state index in [1.54, 1.807) is 12.1 Å². The Hall–Kier alpha value is -3.21. The lowest BCUT2D eigenvalue weighted by Gasteiger charge is -2.46. The summed E-state index contributed by atoms with van der Waals surface area (Å²) in [6, 6.07) is 8.13. The largest absolute Gasteiger partial charge is 0.480 e. The molecule has 5 rings (SSSR count). The van der Waals surface area contributed by atoms with Gasteiger partial charge in [-0.05, 0) is 58.6 Å². The molecular weight excluding hydrogens is 541 g/mol. The smallest absolute Gasteiger partial charge is 0.450 e.